The first-order valence-electron chi connectivity index (χ1n) is 6.91. The molecule has 23 heavy (non-hydrogen) atoms. The van der Waals surface area contributed by atoms with Gasteiger partial charge in [-0.1, -0.05) is 29.4 Å². The van der Waals surface area contributed by atoms with E-state index in [-0.39, 0.29) is 22.8 Å². The van der Waals surface area contributed by atoms with Gasteiger partial charge in [0.25, 0.3) is 5.89 Å². The Bertz CT molecular complexity index is 903. The highest BCUT2D eigenvalue weighted by molar-refractivity contribution is 5.91. The van der Waals surface area contributed by atoms with E-state index < -0.39 is 11.8 Å². The average molecular weight is 312 g/mol. The molecule has 1 N–H and O–H groups in total. The van der Waals surface area contributed by atoms with Crippen molar-refractivity contribution in [2.75, 3.05) is 0 Å². The fourth-order valence-corrected chi connectivity index (χ4v) is 2.36. The second-order valence-electron chi connectivity index (χ2n) is 5.14. The lowest BCUT2D eigenvalue weighted by Gasteiger charge is -2.04. The van der Waals surface area contributed by atoms with Crippen molar-refractivity contribution in [3.05, 3.63) is 58.9 Å². The van der Waals surface area contributed by atoms with Crippen LogP contribution in [0.5, 0.6) is 0 Å². The number of benzene rings is 2. The first-order chi connectivity index (χ1) is 11.0. The fourth-order valence-electron chi connectivity index (χ4n) is 2.36. The third kappa shape index (κ3) is 2.59. The lowest BCUT2D eigenvalue weighted by atomic mass is 10.0. The van der Waals surface area contributed by atoms with E-state index in [9.17, 15) is 14.3 Å². The Morgan fingerprint density at radius 2 is 1.83 bits per heavy atom. The van der Waals surface area contributed by atoms with Crippen molar-refractivity contribution >= 4 is 5.97 Å². The second kappa shape index (κ2) is 5.64. The topological polar surface area (TPSA) is 76.2 Å². The summed E-state index contributed by atoms with van der Waals surface area (Å²) in [7, 11) is 0. The van der Waals surface area contributed by atoms with Crippen molar-refractivity contribution in [2.45, 2.75) is 13.8 Å². The standard InChI is InChI=1S/C17H13FN2O3/c1-9-5-3-8-13(14(9)18)16-19-15(20-23-16)11-6-4-7-12(10(11)2)17(21)22/h3-8H,1-2H3,(H,21,22). The molecule has 0 fully saturated rings. The van der Waals surface area contributed by atoms with Gasteiger partial charge in [0.15, 0.2) is 0 Å². The van der Waals surface area contributed by atoms with Gasteiger partial charge in [0.2, 0.25) is 5.82 Å². The molecule has 1 aromatic heterocycles. The second-order valence-corrected chi connectivity index (χ2v) is 5.14. The summed E-state index contributed by atoms with van der Waals surface area (Å²) < 4.78 is 19.3. The van der Waals surface area contributed by atoms with Gasteiger partial charge in [-0.05, 0) is 37.1 Å². The molecule has 0 radical (unpaired) electrons. The van der Waals surface area contributed by atoms with E-state index in [0.29, 0.717) is 16.7 Å². The number of carboxylic acids is 1. The number of aryl methyl sites for hydroxylation is 1. The van der Waals surface area contributed by atoms with Crippen molar-refractivity contribution in [2.24, 2.45) is 0 Å². The van der Waals surface area contributed by atoms with Gasteiger partial charge in [0.05, 0.1) is 11.1 Å². The van der Waals surface area contributed by atoms with Crippen LogP contribution in [0.4, 0.5) is 4.39 Å². The SMILES string of the molecule is Cc1cccc(-c2nc(-c3cccc(C(=O)O)c3C)no2)c1F. The highest BCUT2D eigenvalue weighted by Gasteiger charge is 2.18. The van der Waals surface area contributed by atoms with Gasteiger partial charge in [-0.15, -0.1) is 0 Å². The summed E-state index contributed by atoms with van der Waals surface area (Å²) in [4.78, 5) is 15.4. The van der Waals surface area contributed by atoms with E-state index in [2.05, 4.69) is 10.1 Å². The van der Waals surface area contributed by atoms with Crippen molar-refractivity contribution in [1.29, 1.82) is 0 Å². The van der Waals surface area contributed by atoms with Crippen molar-refractivity contribution < 1.29 is 18.8 Å². The summed E-state index contributed by atoms with van der Waals surface area (Å²) in [6, 6.07) is 9.71. The molecule has 6 heteroatoms. The maximum Gasteiger partial charge on any atom is 0.335 e. The molecule has 2 aromatic carbocycles. The highest BCUT2D eigenvalue weighted by Crippen LogP contribution is 2.28. The Morgan fingerprint density at radius 1 is 1.13 bits per heavy atom. The number of nitrogens with zero attached hydrogens (tertiary/aromatic N) is 2. The molecule has 5 nitrogen and oxygen atoms in total. The van der Waals surface area contributed by atoms with Crippen LogP contribution in [0, 0.1) is 19.7 Å². The van der Waals surface area contributed by atoms with Crippen LogP contribution in [-0.2, 0) is 0 Å². The lowest BCUT2D eigenvalue weighted by Crippen LogP contribution is -2.01. The zero-order chi connectivity index (χ0) is 16.6. The predicted octanol–water partition coefficient (Wildman–Crippen LogP) is 3.86. The maximum absolute atomic E-state index is 14.1. The maximum atomic E-state index is 14.1. The van der Waals surface area contributed by atoms with Gasteiger partial charge >= 0.3 is 5.97 Å². The minimum atomic E-state index is -1.03. The van der Waals surface area contributed by atoms with Crippen LogP contribution in [0.2, 0.25) is 0 Å². The smallest absolute Gasteiger partial charge is 0.335 e. The molecule has 0 saturated heterocycles. The van der Waals surface area contributed by atoms with Crippen LogP contribution in [0.15, 0.2) is 40.9 Å². The first kappa shape index (κ1) is 14.9. The summed E-state index contributed by atoms with van der Waals surface area (Å²) in [5, 5.41) is 13.0. The van der Waals surface area contributed by atoms with Gasteiger partial charge in [0.1, 0.15) is 5.82 Å². The van der Waals surface area contributed by atoms with E-state index in [4.69, 9.17) is 4.52 Å². The molecule has 0 spiro atoms. The molecule has 0 bridgehead atoms. The van der Waals surface area contributed by atoms with E-state index >= 15 is 0 Å². The van der Waals surface area contributed by atoms with Gasteiger partial charge in [0, 0.05) is 5.56 Å². The van der Waals surface area contributed by atoms with Gasteiger partial charge in [-0.25, -0.2) is 9.18 Å². The summed E-state index contributed by atoms with van der Waals surface area (Å²) in [6.07, 6.45) is 0. The number of rotatable bonds is 3. The summed E-state index contributed by atoms with van der Waals surface area (Å²) in [5.74, 6) is -1.17. The molecule has 0 saturated carbocycles. The fraction of sp³-hybridized carbons (Fsp3) is 0.118. The highest BCUT2D eigenvalue weighted by atomic mass is 19.1. The van der Waals surface area contributed by atoms with Crippen LogP contribution >= 0.6 is 0 Å². The van der Waals surface area contributed by atoms with Gasteiger partial charge < -0.3 is 9.63 Å². The average Bonchev–Trinajstić information content (AvgIpc) is 2.99. The van der Waals surface area contributed by atoms with E-state index in [1.807, 2.05) is 0 Å². The lowest BCUT2D eigenvalue weighted by molar-refractivity contribution is 0.0696. The number of hydrogen-bond donors (Lipinski definition) is 1. The third-order valence-corrected chi connectivity index (χ3v) is 3.65. The van der Waals surface area contributed by atoms with Crippen LogP contribution < -0.4 is 0 Å². The Balaban J connectivity index is 2.08. The van der Waals surface area contributed by atoms with E-state index in [1.165, 1.54) is 6.07 Å². The Morgan fingerprint density at radius 3 is 2.57 bits per heavy atom. The summed E-state index contributed by atoms with van der Waals surface area (Å²) in [5.41, 5.74) is 1.92. The predicted molar refractivity (Wildman–Crippen MR) is 81.6 cm³/mol. The van der Waals surface area contributed by atoms with E-state index in [1.54, 1.807) is 44.2 Å². The summed E-state index contributed by atoms with van der Waals surface area (Å²) >= 11 is 0. The quantitative estimate of drug-likeness (QED) is 0.794. The minimum absolute atomic E-state index is 0.0568. The number of carboxylic acid groups (broad SMARTS) is 1. The molecule has 0 aliphatic carbocycles. The Labute approximate surface area is 131 Å². The molecule has 1 heterocycles. The monoisotopic (exact) mass is 312 g/mol. The Kier molecular flexibility index (Phi) is 3.65. The molecule has 116 valence electrons. The minimum Gasteiger partial charge on any atom is -0.478 e. The number of halogens is 1. The van der Waals surface area contributed by atoms with Crippen molar-refractivity contribution in [3.63, 3.8) is 0 Å². The van der Waals surface area contributed by atoms with Crippen molar-refractivity contribution in [3.8, 4) is 22.8 Å². The zero-order valence-corrected chi connectivity index (χ0v) is 12.5. The van der Waals surface area contributed by atoms with E-state index in [0.717, 1.165) is 0 Å². The molecule has 0 unspecified atom stereocenters. The largest absolute Gasteiger partial charge is 0.478 e. The van der Waals surface area contributed by atoms with Gasteiger partial charge in [-0.3, -0.25) is 0 Å². The number of aromatic nitrogens is 2. The normalized spacial score (nSPS) is 10.7. The number of aromatic carboxylic acids is 1. The number of hydrogen-bond acceptors (Lipinski definition) is 4. The van der Waals surface area contributed by atoms with Gasteiger partial charge in [-0.2, -0.15) is 4.98 Å². The number of carbonyl (C=O) groups is 1. The Hall–Kier alpha value is -3.02. The van der Waals surface area contributed by atoms with Crippen LogP contribution in [0.3, 0.4) is 0 Å². The zero-order valence-electron chi connectivity index (χ0n) is 12.5. The molecular weight excluding hydrogens is 299 g/mol. The molecule has 0 atom stereocenters. The molecule has 0 aliphatic heterocycles. The molecule has 0 aliphatic rings. The molecule has 0 amide bonds. The molecule has 3 aromatic rings. The van der Waals surface area contributed by atoms with Crippen LogP contribution in [-0.4, -0.2) is 21.2 Å². The first-order valence-corrected chi connectivity index (χ1v) is 6.91. The third-order valence-electron chi connectivity index (χ3n) is 3.65. The van der Waals surface area contributed by atoms with Crippen molar-refractivity contribution in [1.82, 2.24) is 10.1 Å². The molecule has 3 rings (SSSR count). The van der Waals surface area contributed by atoms with Crippen LogP contribution in [0.25, 0.3) is 22.8 Å². The molecular formula is C17H13FN2O3. The van der Waals surface area contributed by atoms with Crippen LogP contribution in [0.1, 0.15) is 21.5 Å². The summed E-state index contributed by atoms with van der Waals surface area (Å²) in [6.45, 7) is 3.32.